The van der Waals surface area contributed by atoms with Gasteiger partial charge < -0.3 is 4.74 Å². The number of amides is 1. The quantitative estimate of drug-likeness (QED) is 0.870. The molecule has 1 saturated heterocycles. The van der Waals surface area contributed by atoms with Crippen molar-refractivity contribution in [1.82, 2.24) is 9.88 Å². The highest BCUT2D eigenvalue weighted by molar-refractivity contribution is 7.13. The van der Waals surface area contributed by atoms with Gasteiger partial charge in [-0.2, -0.15) is 0 Å². The molecule has 3 rings (SSSR count). The lowest BCUT2D eigenvalue weighted by atomic mass is 10.1. The molecule has 5 nitrogen and oxygen atoms in total. The monoisotopic (exact) mass is 345 g/mol. The molecule has 24 heavy (non-hydrogen) atoms. The van der Waals surface area contributed by atoms with Crippen molar-refractivity contribution in [2.24, 2.45) is 0 Å². The lowest BCUT2D eigenvalue weighted by molar-refractivity contribution is -0.122. The number of benzene rings is 1. The number of para-hydroxylation sites is 1. The van der Waals surface area contributed by atoms with Gasteiger partial charge in [-0.3, -0.25) is 15.0 Å². The van der Waals surface area contributed by atoms with Gasteiger partial charge in [0.25, 0.3) is 5.91 Å². The summed E-state index contributed by atoms with van der Waals surface area (Å²) in [5.74, 6) is 0.503. The van der Waals surface area contributed by atoms with Gasteiger partial charge in [-0.05, 0) is 45.0 Å². The normalized spacial score (nSPS) is 16.5. The van der Waals surface area contributed by atoms with E-state index < -0.39 is 6.10 Å². The van der Waals surface area contributed by atoms with Gasteiger partial charge in [-0.25, -0.2) is 4.98 Å². The summed E-state index contributed by atoms with van der Waals surface area (Å²) in [6.07, 6.45) is 3.29. The molecular weight excluding hydrogens is 322 g/mol. The molecule has 0 unspecified atom stereocenters. The van der Waals surface area contributed by atoms with Crippen molar-refractivity contribution in [3.8, 4) is 5.75 Å². The Morgan fingerprint density at radius 2 is 2.04 bits per heavy atom. The molecule has 1 aliphatic heterocycles. The molecule has 2 heterocycles. The number of thiazole rings is 1. The van der Waals surface area contributed by atoms with Gasteiger partial charge >= 0.3 is 0 Å². The number of nitrogens with one attached hydrogen (secondary N) is 1. The maximum Gasteiger partial charge on any atom is 0.266 e. The number of hydrogen-bond donors (Lipinski definition) is 1. The molecule has 0 saturated carbocycles. The molecule has 1 atom stereocenters. The molecule has 1 aromatic heterocycles. The van der Waals surface area contributed by atoms with Gasteiger partial charge in [0, 0.05) is 11.9 Å². The van der Waals surface area contributed by atoms with Crippen LogP contribution in [0.25, 0.3) is 0 Å². The largest absolute Gasteiger partial charge is 0.481 e. The second-order valence-corrected chi connectivity index (χ2v) is 6.90. The molecule has 2 aromatic rings. The second-order valence-electron chi connectivity index (χ2n) is 6.04. The summed E-state index contributed by atoms with van der Waals surface area (Å²) in [5.41, 5.74) is 1.02. The van der Waals surface area contributed by atoms with Gasteiger partial charge in [0.2, 0.25) is 0 Å². The summed E-state index contributed by atoms with van der Waals surface area (Å²) in [6, 6.07) is 9.35. The highest BCUT2D eigenvalue weighted by Crippen LogP contribution is 2.19. The van der Waals surface area contributed by atoms with E-state index in [1.807, 2.05) is 35.7 Å². The van der Waals surface area contributed by atoms with Crippen molar-refractivity contribution >= 4 is 22.4 Å². The maximum atomic E-state index is 12.2. The van der Waals surface area contributed by atoms with Crippen LogP contribution >= 0.6 is 11.3 Å². The van der Waals surface area contributed by atoms with E-state index in [1.54, 1.807) is 6.92 Å². The zero-order valence-electron chi connectivity index (χ0n) is 13.9. The molecule has 1 fully saturated rings. The van der Waals surface area contributed by atoms with Crippen LogP contribution in [0.3, 0.4) is 0 Å². The molecule has 1 amide bonds. The van der Waals surface area contributed by atoms with Gasteiger partial charge in [-0.1, -0.05) is 24.6 Å². The van der Waals surface area contributed by atoms with Crippen LogP contribution < -0.4 is 10.1 Å². The topological polar surface area (TPSA) is 54.5 Å². The van der Waals surface area contributed by atoms with Crippen LogP contribution in [0.4, 0.5) is 5.13 Å². The lowest BCUT2D eigenvalue weighted by Crippen LogP contribution is -2.30. The summed E-state index contributed by atoms with van der Waals surface area (Å²) < 4.78 is 5.63. The van der Waals surface area contributed by atoms with Crippen molar-refractivity contribution in [1.29, 1.82) is 0 Å². The van der Waals surface area contributed by atoms with Crippen molar-refractivity contribution in [3.63, 3.8) is 0 Å². The molecule has 1 aromatic carbocycles. The predicted octanol–water partition coefficient (Wildman–Crippen LogP) is 3.54. The minimum Gasteiger partial charge on any atom is -0.481 e. The molecule has 0 bridgehead atoms. The van der Waals surface area contributed by atoms with Gasteiger partial charge in [-0.15, -0.1) is 11.3 Å². The van der Waals surface area contributed by atoms with Crippen molar-refractivity contribution in [3.05, 3.63) is 41.4 Å². The highest BCUT2D eigenvalue weighted by atomic mass is 32.1. The van der Waals surface area contributed by atoms with E-state index in [2.05, 4.69) is 15.2 Å². The van der Waals surface area contributed by atoms with Gasteiger partial charge in [0.1, 0.15) is 5.75 Å². The Labute approximate surface area is 146 Å². The number of nitrogens with zero attached hydrogens (tertiary/aromatic N) is 2. The van der Waals surface area contributed by atoms with Crippen molar-refractivity contribution in [2.45, 2.75) is 38.8 Å². The van der Waals surface area contributed by atoms with Gasteiger partial charge in [0.05, 0.1) is 5.69 Å². The zero-order valence-corrected chi connectivity index (χ0v) is 14.7. The third-order valence-corrected chi connectivity index (χ3v) is 4.85. The van der Waals surface area contributed by atoms with E-state index in [1.165, 1.54) is 30.6 Å². The summed E-state index contributed by atoms with van der Waals surface area (Å²) >= 11 is 1.46. The van der Waals surface area contributed by atoms with E-state index >= 15 is 0 Å². The summed E-state index contributed by atoms with van der Waals surface area (Å²) in [4.78, 5) is 19.2. The molecule has 1 aliphatic rings. The Kier molecular flexibility index (Phi) is 5.82. The number of piperidine rings is 1. The zero-order chi connectivity index (χ0) is 16.8. The fraction of sp³-hybridized carbons (Fsp3) is 0.444. The number of anilines is 1. The van der Waals surface area contributed by atoms with Crippen LogP contribution in [-0.2, 0) is 11.3 Å². The van der Waals surface area contributed by atoms with Gasteiger partial charge in [0.15, 0.2) is 11.2 Å². The Bertz CT molecular complexity index is 653. The van der Waals surface area contributed by atoms with Crippen LogP contribution in [0.2, 0.25) is 0 Å². The number of likely N-dealkylation sites (tertiary alicyclic amines) is 1. The standard InChI is InChI=1S/C18H23N3O2S/c1-14(23-16-8-4-2-5-9-16)17(22)20-18-19-15(13-24-18)12-21-10-6-3-7-11-21/h2,4-5,8-9,13-14H,3,6-7,10-12H2,1H3,(H,19,20,22)/t14-/m1/s1. The second kappa shape index (κ2) is 8.26. The first kappa shape index (κ1) is 16.9. The first-order valence-corrected chi connectivity index (χ1v) is 9.28. The first-order chi connectivity index (χ1) is 11.7. The number of ether oxygens (including phenoxy) is 1. The Morgan fingerprint density at radius 3 is 2.79 bits per heavy atom. The number of hydrogen-bond acceptors (Lipinski definition) is 5. The minimum absolute atomic E-state index is 0.183. The highest BCUT2D eigenvalue weighted by Gasteiger charge is 2.17. The third-order valence-electron chi connectivity index (χ3n) is 4.04. The van der Waals surface area contributed by atoms with Crippen molar-refractivity contribution in [2.75, 3.05) is 18.4 Å². The Morgan fingerprint density at radius 1 is 1.29 bits per heavy atom. The van der Waals surface area contributed by atoms with Crippen LogP contribution in [0.1, 0.15) is 31.9 Å². The molecule has 1 N–H and O–H groups in total. The SMILES string of the molecule is C[C@@H](Oc1ccccc1)C(=O)Nc1nc(CN2CCCCC2)cs1. The molecular formula is C18H23N3O2S. The fourth-order valence-corrected chi connectivity index (χ4v) is 3.45. The molecule has 128 valence electrons. The van der Waals surface area contributed by atoms with E-state index in [0.717, 1.165) is 25.3 Å². The smallest absolute Gasteiger partial charge is 0.266 e. The first-order valence-electron chi connectivity index (χ1n) is 8.40. The van der Waals surface area contributed by atoms with Crippen molar-refractivity contribution < 1.29 is 9.53 Å². The summed E-state index contributed by atoms with van der Waals surface area (Å²) in [5, 5.41) is 5.50. The number of rotatable bonds is 6. The Balaban J connectivity index is 1.51. The van der Waals surface area contributed by atoms with Crippen LogP contribution in [0.15, 0.2) is 35.7 Å². The maximum absolute atomic E-state index is 12.2. The molecule has 0 spiro atoms. The Hall–Kier alpha value is -1.92. The van der Waals surface area contributed by atoms with E-state index in [-0.39, 0.29) is 5.91 Å². The van der Waals surface area contributed by atoms with E-state index in [4.69, 9.17) is 4.74 Å². The molecule has 0 radical (unpaired) electrons. The third kappa shape index (κ3) is 4.79. The summed E-state index contributed by atoms with van der Waals surface area (Å²) in [6.45, 7) is 4.88. The van der Waals surface area contributed by atoms with E-state index in [0.29, 0.717) is 10.9 Å². The molecule has 0 aliphatic carbocycles. The lowest BCUT2D eigenvalue weighted by Gasteiger charge is -2.25. The predicted molar refractivity (Wildman–Crippen MR) is 96.4 cm³/mol. The average molecular weight is 345 g/mol. The number of aromatic nitrogens is 1. The van der Waals surface area contributed by atoms with Crippen LogP contribution in [0, 0.1) is 0 Å². The summed E-state index contributed by atoms with van der Waals surface area (Å²) in [7, 11) is 0. The fourth-order valence-electron chi connectivity index (χ4n) is 2.75. The number of carbonyl (C=O) groups is 1. The van der Waals surface area contributed by atoms with Crippen LogP contribution in [0.5, 0.6) is 5.75 Å². The van der Waals surface area contributed by atoms with E-state index in [9.17, 15) is 4.79 Å². The minimum atomic E-state index is -0.568. The average Bonchev–Trinajstić information content (AvgIpc) is 3.03. The molecule has 6 heteroatoms. The number of carbonyl (C=O) groups excluding carboxylic acids is 1. The van der Waals surface area contributed by atoms with Crippen LogP contribution in [-0.4, -0.2) is 35.0 Å².